The van der Waals surface area contributed by atoms with E-state index in [1.807, 2.05) is 11.8 Å². The van der Waals surface area contributed by atoms with Gasteiger partial charge in [0.05, 0.1) is 11.0 Å². The third-order valence-electron chi connectivity index (χ3n) is 3.26. The number of thioether (sulfide) groups is 1. The first-order chi connectivity index (χ1) is 8.99. The van der Waals surface area contributed by atoms with Crippen LogP contribution in [-0.4, -0.2) is 34.1 Å². The van der Waals surface area contributed by atoms with Crippen molar-refractivity contribution in [3.63, 3.8) is 0 Å². The Morgan fingerprint density at radius 2 is 2.32 bits per heavy atom. The van der Waals surface area contributed by atoms with Crippen molar-refractivity contribution in [2.45, 2.75) is 25.2 Å². The van der Waals surface area contributed by atoms with Gasteiger partial charge in [0.25, 0.3) is 5.69 Å². The first kappa shape index (κ1) is 14.1. The summed E-state index contributed by atoms with van der Waals surface area (Å²) in [5.41, 5.74) is 1.31. The first-order valence-electron chi connectivity index (χ1n) is 6.32. The molecular formula is C13H18N2O3S. The minimum Gasteiger partial charge on any atom is -0.389 e. The van der Waals surface area contributed by atoms with Gasteiger partial charge in [-0.15, -0.1) is 0 Å². The summed E-state index contributed by atoms with van der Waals surface area (Å²) < 4.78 is 0. The number of benzene rings is 1. The van der Waals surface area contributed by atoms with Gasteiger partial charge in [0, 0.05) is 30.2 Å². The van der Waals surface area contributed by atoms with Gasteiger partial charge in [-0.2, -0.15) is 11.8 Å². The van der Waals surface area contributed by atoms with Crippen LogP contribution in [-0.2, 0) is 0 Å². The monoisotopic (exact) mass is 282 g/mol. The minimum absolute atomic E-state index is 0.0810. The first-order valence-corrected chi connectivity index (χ1v) is 7.37. The fourth-order valence-corrected chi connectivity index (χ4v) is 3.26. The summed E-state index contributed by atoms with van der Waals surface area (Å²) in [5, 5.41) is 21.2. The van der Waals surface area contributed by atoms with Crippen molar-refractivity contribution < 1.29 is 10.0 Å². The molecule has 0 amide bonds. The molecule has 2 rings (SSSR count). The lowest BCUT2D eigenvalue weighted by molar-refractivity contribution is -0.384. The molecular weight excluding hydrogens is 264 g/mol. The molecule has 19 heavy (non-hydrogen) atoms. The highest BCUT2D eigenvalue weighted by molar-refractivity contribution is 8.00. The Balaban J connectivity index is 2.36. The molecule has 1 aliphatic heterocycles. The zero-order valence-corrected chi connectivity index (χ0v) is 11.9. The molecule has 1 saturated heterocycles. The van der Waals surface area contributed by atoms with E-state index in [2.05, 4.69) is 11.8 Å². The number of nitro groups is 1. The Kier molecular flexibility index (Phi) is 4.31. The molecule has 1 N–H and O–H groups in total. The molecule has 0 radical (unpaired) electrons. The molecule has 1 aromatic rings. The maximum Gasteiger partial charge on any atom is 0.292 e. The number of aliphatic hydroxyl groups excluding tert-OH is 1. The molecule has 1 fully saturated rings. The van der Waals surface area contributed by atoms with Crippen LogP contribution in [0.1, 0.15) is 25.5 Å². The Morgan fingerprint density at radius 3 is 2.89 bits per heavy atom. The second kappa shape index (κ2) is 5.79. The molecule has 1 aromatic carbocycles. The van der Waals surface area contributed by atoms with E-state index >= 15 is 0 Å². The predicted molar refractivity (Wildman–Crippen MR) is 77.9 cm³/mol. The van der Waals surface area contributed by atoms with Gasteiger partial charge in [0.15, 0.2) is 0 Å². The smallest absolute Gasteiger partial charge is 0.292 e. The summed E-state index contributed by atoms with van der Waals surface area (Å²) >= 11 is 1.89. The molecule has 1 unspecified atom stereocenters. The van der Waals surface area contributed by atoms with Crippen LogP contribution >= 0.6 is 11.8 Å². The second-order valence-corrected chi connectivity index (χ2v) is 6.35. The van der Waals surface area contributed by atoms with Crippen LogP contribution in [0.5, 0.6) is 0 Å². The summed E-state index contributed by atoms with van der Waals surface area (Å²) in [6.07, 6.45) is -0.691. The fraction of sp³-hybridized carbons (Fsp3) is 0.538. The van der Waals surface area contributed by atoms with Crippen LogP contribution in [0.15, 0.2) is 18.2 Å². The molecule has 0 aliphatic carbocycles. The van der Waals surface area contributed by atoms with Crippen LogP contribution in [0.25, 0.3) is 0 Å². The number of nitrogens with zero attached hydrogens (tertiary/aromatic N) is 2. The van der Waals surface area contributed by atoms with E-state index in [1.165, 1.54) is 6.07 Å². The number of hydrogen-bond donors (Lipinski definition) is 1. The van der Waals surface area contributed by atoms with Gasteiger partial charge in [-0.05, 0) is 18.6 Å². The predicted octanol–water partition coefficient (Wildman–Crippen LogP) is 2.59. The quantitative estimate of drug-likeness (QED) is 0.682. The van der Waals surface area contributed by atoms with Crippen LogP contribution in [0, 0.1) is 10.1 Å². The molecule has 0 saturated carbocycles. The number of nitro benzene ring substituents is 1. The summed E-state index contributed by atoms with van der Waals surface area (Å²) in [6.45, 7) is 5.38. The molecule has 2 atom stereocenters. The minimum atomic E-state index is -0.691. The molecule has 6 heteroatoms. The number of aliphatic hydroxyl groups is 1. The molecule has 0 spiro atoms. The van der Waals surface area contributed by atoms with Crippen LogP contribution < -0.4 is 4.90 Å². The highest BCUT2D eigenvalue weighted by Crippen LogP contribution is 2.33. The lowest BCUT2D eigenvalue weighted by Gasteiger charge is -2.32. The van der Waals surface area contributed by atoms with Crippen molar-refractivity contribution >= 4 is 23.1 Å². The largest absolute Gasteiger partial charge is 0.389 e. The van der Waals surface area contributed by atoms with Gasteiger partial charge in [-0.25, -0.2) is 0 Å². The fourth-order valence-electron chi connectivity index (χ4n) is 2.25. The number of rotatable bonds is 3. The van der Waals surface area contributed by atoms with Crippen LogP contribution in [0.3, 0.4) is 0 Å². The van der Waals surface area contributed by atoms with Gasteiger partial charge in [-0.1, -0.05) is 13.0 Å². The van der Waals surface area contributed by atoms with E-state index in [0.29, 0.717) is 16.5 Å². The van der Waals surface area contributed by atoms with E-state index in [4.69, 9.17) is 0 Å². The van der Waals surface area contributed by atoms with Crippen molar-refractivity contribution in [3.8, 4) is 0 Å². The standard InChI is InChI=1S/C13H18N2O3S/c1-9-8-14(5-6-19-9)12-4-3-11(10(2)16)7-13(12)15(17)18/h3-4,7,9-10,16H,5-6,8H2,1-2H3/t9?,10-/m0/s1. The molecule has 1 heterocycles. The summed E-state index contributed by atoms with van der Waals surface area (Å²) in [6, 6.07) is 4.99. The highest BCUT2D eigenvalue weighted by Gasteiger charge is 2.24. The van der Waals surface area contributed by atoms with Crippen molar-refractivity contribution in [3.05, 3.63) is 33.9 Å². The van der Waals surface area contributed by atoms with Crippen molar-refractivity contribution in [1.82, 2.24) is 0 Å². The Labute approximate surface area is 116 Å². The Hall–Kier alpha value is -1.27. The van der Waals surface area contributed by atoms with E-state index in [9.17, 15) is 15.2 Å². The SMILES string of the molecule is CC1CN(c2ccc([C@H](C)O)cc2[N+](=O)[O-])CCS1. The van der Waals surface area contributed by atoms with E-state index in [0.717, 1.165) is 18.8 Å². The molecule has 5 nitrogen and oxygen atoms in total. The maximum absolute atomic E-state index is 11.2. The highest BCUT2D eigenvalue weighted by atomic mass is 32.2. The zero-order valence-electron chi connectivity index (χ0n) is 11.1. The number of hydrogen-bond acceptors (Lipinski definition) is 5. The summed E-state index contributed by atoms with van der Waals surface area (Å²) in [5.74, 6) is 0.983. The normalized spacial score (nSPS) is 21.2. The maximum atomic E-state index is 11.2. The molecule has 104 valence electrons. The second-order valence-electron chi connectivity index (χ2n) is 4.81. The van der Waals surface area contributed by atoms with Crippen molar-refractivity contribution in [2.24, 2.45) is 0 Å². The summed E-state index contributed by atoms with van der Waals surface area (Å²) in [4.78, 5) is 12.9. The van der Waals surface area contributed by atoms with Gasteiger partial charge in [0.1, 0.15) is 5.69 Å². The average Bonchev–Trinajstić information content (AvgIpc) is 2.37. The van der Waals surface area contributed by atoms with Crippen LogP contribution in [0.4, 0.5) is 11.4 Å². The summed E-state index contributed by atoms with van der Waals surface area (Å²) in [7, 11) is 0. The topological polar surface area (TPSA) is 66.6 Å². The molecule has 0 aromatic heterocycles. The van der Waals surface area contributed by atoms with E-state index in [1.54, 1.807) is 19.1 Å². The van der Waals surface area contributed by atoms with E-state index < -0.39 is 6.10 Å². The van der Waals surface area contributed by atoms with Gasteiger partial charge in [-0.3, -0.25) is 10.1 Å². The van der Waals surface area contributed by atoms with Crippen molar-refractivity contribution in [1.29, 1.82) is 0 Å². The van der Waals surface area contributed by atoms with E-state index in [-0.39, 0.29) is 10.6 Å². The van der Waals surface area contributed by atoms with Gasteiger partial charge >= 0.3 is 0 Å². The lowest BCUT2D eigenvalue weighted by atomic mass is 10.1. The average molecular weight is 282 g/mol. The van der Waals surface area contributed by atoms with Gasteiger partial charge in [0.2, 0.25) is 0 Å². The Morgan fingerprint density at radius 1 is 1.58 bits per heavy atom. The van der Waals surface area contributed by atoms with Crippen LogP contribution in [0.2, 0.25) is 0 Å². The third-order valence-corrected chi connectivity index (χ3v) is 4.40. The van der Waals surface area contributed by atoms with Crippen molar-refractivity contribution in [2.75, 3.05) is 23.7 Å². The lowest BCUT2D eigenvalue weighted by Crippen LogP contribution is -2.36. The Bertz CT molecular complexity index is 479. The zero-order chi connectivity index (χ0) is 14.0. The molecule has 1 aliphatic rings. The third kappa shape index (κ3) is 3.19. The number of anilines is 1. The molecule has 0 bridgehead atoms. The van der Waals surface area contributed by atoms with Gasteiger partial charge < -0.3 is 10.0 Å².